The van der Waals surface area contributed by atoms with Gasteiger partial charge >= 0.3 is 11.9 Å². The van der Waals surface area contributed by atoms with Crippen LogP contribution in [-0.2, 0) is 13.1 Å². The summed E-state index contributed by atoms with van der Waals surface area (Å²) in [5.74, 6) is -2.92. The van der Waals surface area contributed by atoms with Gasteiger partial charge in [0, 0.05) is 10.6 Å². The molecule has 2 aromatic heterocycles. The average molecular weight is 560 g/mol. The summed E-state index contributed by atoms with van der Waals surface area (Å²) in [4.78, 5) is 28.9. The first-order chi connectivity index (χ1) is 17.4. The maximum Gasteiger partial charge on any atom is 0.416 e. The molecule has 0 radical (unpaired) electrons. The first kappa shape index (κ1) is 26.3. The Balaban J connectivity index is 1.80. The van der Waals surface area contributed by atoms with Crippen LogP contribution in [0.5, 0.6) is 0 Å². The number of hydrogen-bond acceptors (Lipinski definition) is 6. The molecule has 0 saturated carbocycles. The normalized spacial score (nSPS) is 12.6. The van der Waals surface area contributed by atoms with Crippen molar-refractivity contribution in [3.63, 3.8) is 0 Å². The zero-order valence-corrected chi connectivity index (χ0v) is 19.8. The molecule has 0 spiro atoms. The van der Waals surface area contributed by atoms with Crippen molar-refractivity contribution < 1.29 is 27.5 Å². The number of rotatable bonds is 7. The summed E-state index contributed by atoms with van der Waals surface area (Å²) in [7, 11) is 0. The highest BCUT2D eigenvalue weighted by Gasteiger charge is 2.39. The smallest absolute Gasteiger partial charge is 0.382 e. The Bertz CT molecular complexity index is 1510. The number of alkyl halides is 3. The highest BCUT2D eigenvalue weighted by Crippen LogP contribution is 2.25. The third-order valence-corrected chi connectivity index (χ3v) is 5.63. The lowest BCUT2D eigenvalue weighted by Gasteiger charge is -2.15. The van der Waals surface area contributed by atoms with Crippen LogP contribution in [0.1, 0.15) is 16.4 Å². The van der Waals surface area contributed by atoms with Crippen molar-refractivity contribution in [3.05, 3.63) is 80.5 Å². The fourth-order valence-corrected chi connectivity index (χ4v) is 3.73. The van der Waals surface area contributed by atoms with Gasteiger partial charge in [-0.1, -0.05) is 29.3 Å². The largest absolute Gasteiger partial charge is 0.416 e. The van der Waals surface area contributed by atoms with Crippen molar-refractivity contribution in [2.45, 2.75) is 25.4 Å². The van der Waals surface area contributed by atoms with E-state index in [-0.39, 0.29) is 27.9 Å². The number of carbonyl (C=O) groups excluding carboxylic acids is 1. The Morgan fingerprint density at radius 3 is 2.38 bits per heavy atom. The van der Waals surface area contributed by atoms with E-state index in [1.807, 2.05) is 0 Å². The van der Waals surface area contributed by atoms with Gasteiger partial charge in [-0.15, -0.1) is 10.2 Å². The van der Waals surface area contributed by atoms with Crippen molar-refractivity contribution in [1.82, 2.24) is 29.1 Å². The predicted molar refractivity (Wildman–Crippen MR) is 123 cm³/mol. The van der Waals surface area contributed by atoms with Gasteiger partial charge in [0.25, 0.3) is 5.91 Å². The number of aliphatic hydroxyl groups excluding tert-OH is 1. The van der Waals surface area contributed by atoms with Gasteiger partial charge < -0.3 is 10.8 Å². The van der Waals surface area contributed by atoms with Crippen LogP contribution >= 0.6 is 23.2 Å². The molecule has 0 bridgehead atoms. The van der Waals surface area contributed by atoms with Crippen LogP contribution < -0.4 is 11.4 Å². The van der Waals surface area contributed by atoms with Crippen molar-refractivity contribution in [3.8, 4) is 17.1 Å². The molecule has 37 heavy (non-hydrogen) atoms. The number of aromatic nitrogens is 6. The Morgan fingerprint density at radius 2 is 1.78 bits per heavy atom. The number of carbonyl (C=O) groups is 1. The van der Waals surface area contributed by atoms with E-state index >= 15 is 0 Å². The summed E-state index contributed by atoms with van der Waals surface area (Å²) in [5.41, 5.74) is 4.19. The van der Waals surface area contributed by atoms with E-state index < -0.39 is 48.6 Å². The summed E-state index contributed by atoms with van der Waals surface area (Å²) in [6.45, 7) is -1.70. The van der Waals surface area contributed by atoms with Gasteiger partial charge in [-0.2, -0.15) is 13.2 Å². The molecule has 2 heterocycles. The van der Waals surface area contributed by atoms with Crippen LogP contribution in [0.25, 0.3) is 17.1 Å². The quantitative estimate of drug-likeness (QED) is 0.334. The number of primary amides is 1. The van der Waals surface area contributed by atoms with Crippen molar-refractivity contribution in [2.75, 3.05) is 0 Å². The lowest BCUT2D eigenvalue weighted by Crippen LogP contribution is -2.37. The molecule has 2 aromatic carbocycles. The number of para-hydroxylation sites is 1. The van der Waals surface area contributed by atoms with Gasteiger partial charge in [-0.25, -0.2) is 23.5 Å². The lowest BCUT2D eigenvalue weighted by molar-refractivity contribution is -0.207. The van der Waals surface area contributed by atoms with Crippen LogP contribution in [0.4, 0.5) is 17.6 Å². The molecule has 0 aliphatic heterocycles. The van der Waals surface area contributed by atoms with Crippen LogP contribution in [0, 0.1) is 5.82 Å². The minimum atomic E-state index is -5.01. The summed E-state index contributed by atoms with van der Waals surface area (Å²) >= 11 is 11.9. The third kappa shape index (κ3) is 5.35. The SMILES string of the molecule is NC(=O)c1nc(Cn2nc(-c3ccc(Cl)cc3)n(C[C@H](O)C(F)(F)F)c2=O)nn1-c1c(F)cccc1Cl. The van der Waals surface area contributed by atoms with Crippen molar-refractivity contribution >= 4 is 29.1 Å². The summed E-state index contributed by atoms with van der Waals surface area (Å²) in [6.07, 6.45) is -7.87. The maximum absolute atomic E-state index is 14.4. The van der Waals surface area contributed by atoms with E-state index in [4.69, 9.17) is 28.9 Å². The topological polar surface area (TPSA) is 134 Å². The molecule has 1 amide bonds. The lowest BCUT2D eigenvalue weighted by atomic mass is 10.2. The molecular weight excluding hydrogens is 545 g/mol. The molecule has 0 aliphatic carbocycles. The monoisotopic (exact) mass is 559 g/mol. The number of hydrogen-bond donors (Lipinski definition) is 2. The number of halogens is 6. The van der Waals surface area contributed by atoms with E-state index in [1.54, 1.807) is 0 Å². The first-order valence-electron chi connectivity index (χ1n) is 10.2. The number of nitrogens with zero attached hydrogens (tertiary/aromatic N) is 6. The van der Waals surface area contributed by atoms with Crippen LogP contribution in [0.3, 0.4) is 0 Å². The minimum Gasteiger partial charge on any atom is -0.382 e. The van der Waals surface area contributed by atoms with Crippen molar-refractivity contribution in [2.24, 2.45) is 5.73 Å². The standard InChI is InChI=1S/C21H15Cl2F4N7O3/c22-11-6-4-10(5-7-11)18-31-33(20(37)32(18)8-14(35)21(25,26)27)9-15-29-19(17(28)36)34(30-15)16-12(23)2-1-3-13(16)24/h1-7,14,35H,8-9H2,(H2,28,36)/t14-/m0/s1. The molecule has 0 aliphatic rings. The van der Waals surface area contributed by atoms with Crippen LogP contribution in [0.2, 0.25) is 10.0 Å². The molecule has 1 atom stereocenters. The van der Waals surface area contributed by atoms with Crippen LogP contribution in [0.15, 0.2) is 47.3 Å². The predicted octanol–water partition coefficient (Wildman–Crippen LogP) is 2.81. The number of amides is 1. The van der Waals surface area contributed by atoms with Gasteiger partial charge in [0.1, 0.15) is 18.0 Å². The van der Waals surface area contributed by atoms with E-state index in [0.29, 0.717) is 9.59 Å². The Labute approximate surface area is 214 Å². The van der Waals surface area contributed by atoms with E-state index in [0.717, 1.165) is 15.4 Å². The van der Waals surface area contributed by atoms with Gasteiger partial charge in [0.15, 0.2) is 17.8 Å². The maximum atomic E-state index is 14.4. The highest BCUT2D eigenvalue weighted by molar-refractivity contribution is 6.32. The Morgan fingerprint density at radius 1 is 1.11 bits per heavy atom. The summed E-state index contributed by atoms with van der Waals surface area (Å²) < 4.78 is 55.7. The molecule has 16 heteroatoms. The average Bonchev–Trinajstić information content (AvgIpc) is 3.36. The fraction of sp³-hybridized carbons (Fsp3) is 0.190. The Hall–Kier alpha value is -3.75. The minimum absolute atomic E-state index is 0.119. The zero-order chi connectivity index (χ0) is 27.1. The van der Waals surface area contributed by atoms with Gasteiger partial charge in [0.05, 0.1) is 11.6 Å². The van der Waals surface area contributed by atoms with Crippen LogP contribution in [-0.4, -0.2) is 52.4 Å². The fourth-order valence-electron chi connectivity index (χ4n) is 3.36. The number of aliphatic hydroxyl groups is 1. The van der Waals surface area contributed by atoms with Gasteiger partial charge in [-0.05, 0) is 36.4 Å². The van der Waals surface area contributed by atoms with E-state index in [9.17, 15) is 32.3 Å². The molecule has 4 rings (SSSR count). The molecule has 10 nitrogen and oxygen atoms in total. The second-order valence-corrected chi connectivity index (χ2v) is 8.48. The van der Waals surface area contributed by atoms with E-state index in [2.05, 4.69) is 15.2 Å². The molecule has 3 N–H and O–H groups in total. The molecule has 194 valence electrons. The molecule has 0 fully saturated rings. The second kappa shape index (κ2) is 9.95. The number of benzene rings is 2. The van der Waals surface area contributed by atoms with Crippen molar-refractivity contribution in [1.29, 1.82) is 0 Å². The highest BCUT2D eigenvalue weighted by atomic mass is 35.5. The molecule has 0 saturated heterocycles. The third-order valence-electron chi connectivity index (χ3n) is 5.07. The molecule has 0 unspecified atom stereocenters. The Kier molecular flexibility index (Phi) is 7.08. The zero-order valence-electron chi connectivity index (χ0n) is 18.3. The number of nitrogens with two attached hydrogens (primary N) is 1. The van der Waals surface area contributed by atoms with Gasteiger partial charge in [0.2, 0.25) is 5.82 Å². The second-order valence-electron chi connectivity index (χ2n) is 7.64. The first-order valence-corrected chi connectivity index (χ1v) is 11.0. The molecule has 4 aromatic rings. The molecular formula is C21H15Cl2F4N7O3. The summed E-state index contributed by atoms with van der Waals surface area (Å²) in [5, 5.41) is 17.9. The van der Waals surface area contributed by atoms with E-state index in [1.165, 1.54) is 36.4 Å². The van der Waals surface area contributed by atoms with Gasteiger partial charge in [-0.3, -0.25) is 9.36 Å². The summed E-state index contributed by atoms with van der Waals surface area (Å²) in [6, 6.07) is 9.43.